The minimum atomic E-state index is -3.48. The van der Waals surface area contributed by atoms with Crippen LogP contribution < -0.4 is 10.0 Å². The molecule has 0 fully saturated rings. The van der Waals surface area contributed by atoms with Gasteiger partial charge < -0.3 is 5.32 Å². The van der Waals surface area contributed by atoms with Crippen LogP contribution in [0, 0.1) is 0 Å². The summed E-state index contributed by atoms with van der Waals surface area (Å²) >= 11 is 7.35. The van der Waals surface area contributed by atoms with E-state index in [1.54, 1.807) is 30.7 Å². The van der Waals surface area contributed by atoms with Gasteiger partial charge in [0, 0.05) is 46.7 Å². The number of nitrogens with one attached hydrogen (secondary N) is 2. The van der Waals surface area contributed by atoms with Crippen molar-refractivity contribution in [1.82, 2.24) is 15.0 Å². The Morgan fingerprint density at radius 2 is 1.76 bits per heavy atom. The number of amides is 1. The maximum atomic E-state index is 12.8. The Labute approximate surface area is 199 Å². The summed E-state index contributed by atoms with van der Waals surface area (Å²) in [6.45, 7) is 0. The molecule has 3 heterocycles. The van der Waals surface area contributed by atoms with Gasteiger partial charge in [-0.3, -0.25) is 14.5 Å². The molecule has 8 nitrogen and oxygen atoms in total. The Bertz CT molecular complexity index is 1410. The monoisotopic (exact) mass is 499 g/mol. The number of carbonyl (C=O) groups is 1. The third kappa shape index (κ3) is 6.13. The Hall–Kier alpha value is -3.34. The SMILES string of the molecule is CS(=O)(=O)Nc1cc(Cl)cc(NC(=O)c2cc(-c3ncccc3Cc3ncccn3)cs2)c1. The first-order valence-corrected chi connectivity index (χ1v) is 12.8. The molecule has 0 bridgehead atoms. The number of sulfonamides is 1. The molecule has 0 aliphatic rings. The number of nitrogens with zero attached hydrogens (tertiary/aromatic N) is 3. The second-order valence-corrected chi connectivity index (χ2v) is 10.2. The molecule has 33 heavy (non-hydrogen) atoms. The molecule has 0 aliphatic heterocycles. The van der Waals surface area contributed by atoms with Gasteiger partial charge >= 0.3 is 0 Å². The number of hydrogen-bond donors (Lipinski definition) is 2. The molecule has 0 saturated carbocycles. The lowest BCUT2D eigenvalue weighted by atomic mass is 10.1. The molecular formula is C22H18ClN5O3S2. The van der Waals surface area contributed by atoms with Gasteiger partial charge in [0.25, 0.3) is 5.91 Å². The smallest absolute Gasteiger partial charge is 0.265 e. The number of anilines is 2. The quantitative estimate of drug-likeness (QED) is 0.388. The van der Waals surface area contributed by atoms with Gasteiger partial charge in [0.1, 0.15) is 5.82 Å². The van der Waals surface area contributed by atoms with E-state index < -0.39 is 10.0 Å². The van der Waals surface area contributed by atoms with Crippen LogP contribution in [0.3, 0.4) is 0 Å². The molecule has 4 rings (SSSR count). The fourth-order valence-electron chi connectivity index (χ4n) is 3.14. The number of thiophene rings is 1. The maximum absolute atomic E-state index is 12.8. The van der Waals surface area contributed by atoms with Crippen LogP contribution in [0.1, 0.15) is 21.1 Å². The number of halogens is 1. The first-order valence-electron chi connectivity index (χ1n) is 9.65. The van der Waals surface area contributed by atoms with Gasteiger partial charge in [0.2, 0.25) is 10.0 Å². The van der Waals surface area contributed by atoms with Crippen LogP contribution in [0.5, 0.6) is 0 Å². The highest BCUT2D eigenvalue weighted by Gasteiger charge is 2.15. The van der Waals surface area contributed by atoms with E-state index in [0.29, 0.717) is 22.8 Å². The topological polar surface area (TPSA) is 114 Å². The van der Waals surface area contributed by atoms with Crippen molar-refractivity contribution in [3.8, 4) is 11.3 Å². The lowest BCUT2D eigenvalue weighted by molar-refractivity contribution is 0.103. The zero-order valence-electron chi connectivity index (χ0n) is 17.3. The van der Waals surface area contributed by atoms with Gasteiger partial charge in [0.15, 0.2) is 0 Å². The van der Waals surface area contributed by atoms with Crippen LogP contribution in [0.4, 0.5) is 11.4 Å². The second-order valence-electron chi connectivity index (χ2n) is 7.11. The van der Waals surface area contributed by atoms with E-state index in [1.165, 1.54) is 29.5 Å². The van der Waals surface area contributed by atoms with Crippen LogP contribution in [0.2, 0.25) is 5.02 Å². The summed E-state index contributed by atoms with van der Waals surface area (Å²) in [6, 6.07) is 11.8. The molecule has 11 heteroatoms. The molecule has 0 saturated heterocycles. The summed E-state index contributed by atoms with van der Waals surface area (Å²) in [6.07, 6.45) is 6.63. The van der Waals surface area contributed by atoms with Crippen LogP contribution in [-0.4, -0.2) is 35.5 Å². The summed E-state index contributed by atoms with van der Waals surface area (Å²) in [5.74, 6) is 0.335. The Morgan fingerprint density at radius 1 is 1.03 bits per heavy atom. The lowest BCUT2D eigenvalue weighted by Gasteiger charge is -2.09. The van der Waals surface area contributed by atoms with Gasteiger partial charge in [-0.15, -0.1) is 11.3 Å². The van der Waals surface area contributed by atoms with Gasteiger partial charge in [-0.25, -0.2) is 18.4 Å². The normalized spacial score (nSPS) is 11.2. The molecule has 0 unspecified atom stereocenters. The number of carbonyl (C=O) groups excluding carboxylic acids is 1. The Kier molecular flexibility index (Phi) is 6.68. The van der Waals surface area contributed by atoms with E-state index in [4.69, 9.17) is 11.6 Å². The largest absolute Gasteiger partial charge is 0.321 e. The van der Waals surface area contributed by atoms with E-state index in [1.807, 2.05) is 17.5 Å². The van der Waals surface area contributed by atoms with Crippen molar-refractivity contribution in [3.63, 3.8) is 0 Å². The number of aromatic nitrogens is 3. The number of rotatable bonds is 7. The maximum Gasteiger partial charge on any atom is 0.265 e. The molecule has 1 aromatic carbocycles. The van der Waals surface area contributed by atoms with Gasteiger partial charge in [-0.2, -0.15) is 0 Å². The zero-order chi connectivity index (χ0) is 23.4. The van der Waals surface area contributed by atoms with Crippen molar-refractivity contribution in [1.29, 1.82) is 0 Å². The van der Waals surface area contributed by atoms with Crippen molar-refractivity contribution in [2.45, 2.75) is 6.42 Å². The number of benzene rings is 1. The Morgan fingerprint density at radius 3 is 2.52 bits per heavy atom. The van der Waals surface area contributed by atoms with Gasteiger partial charge in [0.05, 0.1) is 22.5 Å². The van der Waals surface area contributed by atoms with Crippen LogP contribution >= 0.6 is 22.9 Å². The van der Waals surface area contributed by atoms with Gasteiger partial charge in [-0.1, -0.05) is 17.7 Å². The first kappa shape index (κ1) is 22.8. The zero-order valence-corrected chi connectivity index (χ0v) is 19.7. The molecular weight excluding hydrogens is 482 g/mol. The van der Waals surface area contributed by atoms with Crippen molar-refractivity contribution >= 4 is 50.2 Å². The predicted molar refractivity (Wildman–Crippen MR) is 130 cm³/mol. The highest BCUT2D eigenvalue weighted by Crippen LogP contribution is 2.29. The van der Waals surface area contributed by atoms with E-state index in [9.17, 15) is 13.2 Å². The molecule has 0 spiro atoms. The van der Waals surface area contributed by atoms with Crippen molar-refractivity contribution in [2.75, 3.05) is 16.3 Å². The summed E-state index contributed by atoms with van der Waals surface area (Å²) in [7, 11) is -3.48. The van der Waals surface area contributed by atoms with E-state index in [-0.39, 0.29) is 16.6 Å². The molecule has 4 aromatic rings. The highest BCUT2D eigenvalue weighted by atomic mass is 35.5. The minimum absolute atomic E-state index is 0.258. The van der Waals surface area contributed by atoms with Crippen LogP contribution in [-0.2, 0) is 16.4 Å². The third-order valence-electron chi connectivity index (χ3n) is 4.41. The fraction of sp³-hybridized carbons (Fsp3) is 0.0909. The second kappa shape index (κ2) is 9.65. The first-order chi connectivity index (χ1) is 15.8. The van der Waals surface area contributed by atoms with Crippen LogP contribution in [0.15, 0.2) is 66.4 Å². The van der Waals surface area contributed by atoms with Crippen LogP contribution in [0.25, 0.3) is 11.3 Å². The Balaban J connectivity index is 1.55. The summed E-state index contributed by atoms with van der Waals surface area (Å²) in [5, 5.41) is 4.90. The standard InChI is InChI=1S/C22H18ClN5O3S2/c1-33(30,31)28-18-11-16(23)10-17(12-18)27-22(29)19-8-15(13-32-19)21-14(4-2-5-26-21)9-20-24-6-3-7-25-20/h2-8,10-13,28H,9H2,1H3,(H,27,29). The minimum Gasteiger partial charge on any atom is -0.321 e. The predicted octanol–water partition coefficient (Wildman–Crippen LogP) is 4.47. The molecule has 0 atom stereocenters. The van der Waals surface area contributed by atoms with E-state index in [2.05, 4.69) is 25.0 Å². The fourth-order valence-corrected chi connectivity index (χ4v) is 4.71. The van der Waals surface area contributed by atoms with Gasteiger partial charge in [-0.05, 0) is 42.0 Å². The molecule has 0 aliphatic carbocycles. The van der Waals surface area contributed by atoms with Crippen molar-refractivity contribution in [3.05, 3.63) is 87.7 Å². The molecule has 2 N–H and O–H groups in total. The third-order valence-corrected chi connectivity index (χ3v) is 6.17. The van der Waals surface area contributed by atoms with Crippen molar-refractivity contribution in [2.24, 2.45) is 0 Å². The van der Waals surface area contributed by atoms with Crippen molar-refractivity contribution < 1.29 is 13.2 Å². The number of hydrogen-bond acceptors (Lipinski definition) is 7. The summed E-state index contributed by atoms with van der Waals surface area (Å²) in [4.78, 5) is 26.3. The lowest BCUT2D eigenvalue weighted by Crippen LogP contribution is -2.12. The summed E-state index contributed by atoms with van der Waals surface area (Å²) in [5.41, 5.74) is 3.13. The molecule has 168 valence electrons. The van der Waals surface area contributed by atoms with E-state index in [0.717, 1.165) is 23.1 Å². The van der Waals surface area contributed by atoms with E-state index >= 15 is 0 Å². The number of pyridine rings is 1. The molecule has 1 amide bonds. The highest BCUT2D eigenvalue weighted by molar-refractivity contribution is 7.92. The average Bonchev–Trinajstić information content (AvgIpc) is 3.23. The summed E-state index contributed by atoms with van der Waals surface area (Å²) < 4.78 is 25.3. The molecule has 3 aromatic heterocycles. The average molecular weight is 500 g/mol. The molecule has 0 radical (unpaired) electrons.